The van der Waals surface area contributed by atoms with Crippen LogP contribution in [-0.4, -0.2) is 26.8 Å². The number of aryl methyl sites for hydroxylation is 1. The van der Waals surface area contributed by atoms with Gasteiger partial charge >= 0.3 is 5.97 Å². The number of nitrogens with one attached hydrogen (secondary N) is 1. The van der Waals surface area contributed by atoms with E-state index < -0.39 is 5.97 Å². The molecule has 4 rings (SSSR count). The molecule has 0 bridgehead atoms. The minimum atomic E-state index is -0.875. The van der Waals surface area contributed by atoms with E-state index in [-0.39, 0.29) is 12.3 Å². The van der Waals surface area contributed by atoms with Gasteiger partial charge in [0.1, 0.15) is 0 Å². The number of fused-ring (bicyclic) bond motifs is 1. The maximum Gasteiger partial charge on any atom is 0.307 e. The Balaban J connectivity index is 1.46. The van der Waals surface area contributed by atoms with Crippen LogP contribution in [0.4, 0.5) is 5.69 Å². The summed E-state index contributed by atoms with van der Waals surface area (Å²) in [5.41, 5.74) is 3.48. The number of aromatic nitrogens is 2. The first-order valence-electron chi connectivity index (χ1n) is 9.10. The van der Waals surface area contributed by atoms with Gasteiger partial charge in [-0.25, -0.2) is 0 Å². The second-order valence-corrected chi connectivity index (χ2v) is 7.94. The van der Waals surface area contributed by atoms with Crippen molar-refractivity contribution < 1.29 is 14.7 Å². The molecule has 0 radical (unpaired) electrons. The molecule has 1 amide bonds. The molecule has 6 nitrogen and oxygen atoms in total. The fraction of sp³-hybridized carbons (Fsp3) is 0.136. The molecule has 0 aliphatic heterocycles. The number of hydrogen-bond acceptors (Lipinski definition) is 4. The van der Waals surface area contributed by atoms with Gasteiger partial charge in [-0.1, -0.05) is 24.3 Å². The molecule has 7 heteroatoms. The summed E-state index contributed by atoms with van der Waals surface area (Å²) in [6.45, 7) is 2.52. The topological polar surface area (TPSA) is 84.2 Å². The van der Waals surface area contributed by atoms with E-state index in [1.54, 1.807) is 17.1 Å². The molecule has 0 saturated carbocycles. The fourth-order valence-corrected chi connectivity index (χ4v) is 4.13. The molecule has 29 heavy (non-hydrogen) atoms. The van der Waals surface area contributed by atoms with Gasteiger partial charge in [0.05, 0.1) is 24.0 Å². The zero-order valence-corrected chi connectivity index (χ0v) is 16.6. The molecule has 0 spiro atoms. The number of rotatable bonds is 6. The highest BCUT2D eigenvalue weighted by Gasteiger charge is 2.11. The lowest BCUT2D eigenvalue weighted by Gasteiger charge is -2.10. The Morgan fingerprint density at radius 3 is 2.76 bits per heavy atom. The van der Waals surface area contributed by atoms with E-state index in [1.165, 1.54) is 11.3 Å². The van der Waals surface area contributed by atoms with Gasteiger partial charge in [0, 0.05) is 22.1 Å². The van der Waals surface area contributed by atoms with Crippen LogP contribution in [0.25, 0.3) is 10.1 Å². The monoisotopic (exact) mass is 405 g/mol. The molecular weight excluding hydrogens is 386 g/mol. The lowest BCUT2D eigenvalue weighted by molar-refractivity contribution is -0.136. The number of carbonyl (C=O) groups is 2. The van der Waals surface area contributed by atoms with E-state index in [0.29, 0.717) is 17.0 Å². The Kier molecular flexibility index (Phi) is 5.14. The van der Waals surface area contributed by atoms with Crippen molar-refractivity contribution in [3.05, 3.63) is 82.5 Å². The van der Waals surface area contributed by atoms with Crippen molar-refractivity contribution in [2.45, 2.75) is 19.9 Å². The smallest absolute Gasteiger partial charge is 0.307 e. The molecular formula is C22H19N3O3S. The third-order valence-corrected chi connectivity index (χ3v) is 5.74. The van der Waals surface area contributed by atoms with Crippen molar-refractivity contribution in [2.75, 3.05) is 5.32 Å². The van der Waals surface area contributed by atoms with E-state index in [0.717, 1.165) is 26.9 Å². The Morgan fingerprint density at radius 1 is 1.17 bits per heavy atom. The summed E-state index contributed by atoms with van der Waals surface area (Å²) in [7, 11) is 0. The van der Waals surface area contributed by atoms with Crippen LogP contribution < -0.4 is 5.32 Å². The Hall–Kier alpha value is -3.45. The molecule has 0 aliphatic rings. The van der Waals surface area contributed by atoms with Gasteiger partial charge in [-0.15, -0.1) is 11.3 Å². The number of amides is 1. The van der Waals surface area contributed by atoms with Gasteiger partial charge < -0.3 is 10.4 Å². The SMILES string of the molecule is Cc1cc(NC(=O)c2cc3ccccc3s2)ccc1Cn1cc(CC(=O)O)cn1. The third-order valence-electron chi connectivity index (χ3n) is 4.62. The van der Waals surface area contributed by atoms with Crippen LogP contribution in [0.1, 0.15) is 26.4 Å². The van der Waals surface area contributed by atoms with Gasteiger partial charge in [0.25, 0.3) is 5.91 Å². The summed E-state index contributed by atoms with van der Waals surface area (Å²) in [5, 5.41) is 17.1. The van der Waals surface area contributed by atoms with Crippen molar-refractivity contribution in [2.24, 2.45) is 0 Å². The van der Waals surface area contributed by atoms with E-state index in [4.69, 9.17) is 5.11 Å². The lowest BCUT2D eigenvalue weighted by Crippen LogP contribution is -2.10. The molecule has 0 saturated heterocycles. The van der Waals surface area contributed by atoms with Crippen LogP contribution >= 0.6 is 11.3 Å². The van der Waals surface area contributed by atoms with Crippen LogP contribution in [-0.2, 0) is 17.8 Å². The summed E-state index contributed by atoms with van der Waals surface area (Å²) >= 11 is 1.47. The number of carbonyl (C=O) groups excluding carboxylic acids is 1. The van der Waals surface area contributed by atoms with E-state index in [9.17, 15) is 9.59 Å². The summed E-state index contributed by atoms with van der Waals surface area (Å²) in [4.78, 5) is 24.1. The van der Waals surface area contributed by atoms with Gasteiger partial charge in [-0.3, -0.25) is 14.3 Å². The average Bonchev–Trinajstić information content (AvgIpc) is 3.30. The molecule has 2 aromatic carbocycles. The zero-order chi connectivity index (χ0) is 20.4. The van der Waals surface area contributed by atoms with Crippen molar-refractivity contribution in [3.63, 3.8) is 0 Å². The molecule has 2 aromatic heterocycles. The Bertz CT molecular complexity index is 1180. The molecule has 146 valence electrons. The predicted molar refractivity (Wildman–Crippen MR) is 114 cm³/mol. The minimum Gasteiger partial charge on any atom is -0.481 e. The van der Waals surface area contributed by atoms with Crippen molar-refractivity contribution in [3.8, 4) is 0 Å². The maximum absolute atomic E-state index is 12.6. The first-order valence-corrected chi connectivity index (χ1v) is 9.92. The Morgan fingerprint density at radius 2 is 2.00 bits per heavy atom. The molecule has 0 fully saturated rings. The van der Waals surface area contributed by atoms with Gasteiger partial charge in [0.2, 0.25) is 0 Å². The summed E-state index contributed by atoms with van der Waals surface area (Å²) in [5.74, 6) is -0.997. The quantitative estimate of drug-likeness (QED) is 0.500. The van der Waals surface area contributed by atoms with Crippen LogP contribution in [0.15, 0.2) is 60.9 Å². The van der Waals surface area contributed by atoms with E-state index >= 15 is 0 Å². The predicted octanol–water partition coefficient (Wildman–Crippen LogP) is 4.33. The molecule has 0 atom stereocenters. The van der Waals surface area contributed by atoms with Crippen LogP contribution in [0.5, 0.6) is 0 Å². The number of carboxylic acids is 1. The normalized spacial score (nSPS) is 10.9. The molecule has 4 aromatic rings. The number of aliphatic carboxylic acids is 1. The number of hydrogen-bond donors (Lipinski definition) is 2. The number of nitrogens with zero attached hydrogens (tertiary/aromatic N) is 2. The number of benzene rings is 2. The number of thiophene rings is 1. The number of anilines is 1. The van der Waals surface area contributed by atoms with Gasteiger partial charge in [-0.05, 0) is 47.7 Å². The highest BCUT2D eigenvalue weighted by atomic mass is 32.1. The summed E-state index contributed by atoms with van der Waals surface area (Å²) in [6.07, 6.45) is 3.27. The highest BCUT2D eigenvalue weighted by Crippen LogP contribution is 2.26. The highest BCUT2D eigenvalue weighted by molar-refractivity contribution is 7.20. The standard InChI is InChI=1S/C22H19N3O3S/c1-14-8-18(24-22(28)20-10-16-4-2-3-5-19(16)29-20)7-6-17(14)13-25-12-15(11-23-25)9-21(26)27/h2-8,10-12H,9,13H2,1H3,(H,24,28)(H,26,27). The van der Waals surface area contributed by atoms with Crippen molar-refractivity contribution >= 4 is 39.0 Å². The van der Waals surface area contributed by atoms with Crippen LogP contribution in [0, 0.1) is 6.92 Å². The summed E-state index contributed by atoms with van der Waals surface area (Å²) < 4.78 is 2.81. The fourth-order valence-electron chi connectivity index (χ4n) is 3.17. The molecule has 0 aliphatic carbocycles. The molecule has 2 N–H and O–H groups in total. The first-order chi connectivity index (χ1) is 14.0. The summed E-state index contributed by atoms with van der Waals surface area (Å²) in [6, 6.07) is 15.6. The maximum atomic E-state index is 12.6. The first kappa shape index (κ1) is 18.9. The van der Waals surface area contributed by atoms with Gasteiger partial charge in [0.15, 0.2) is 0 Å². The van der Waals surface area contributed by atoms with E-state index in [1.807, 2.05) is 55.5 Å². The largest absolute Gasteiger partial charge is 0.481 e. The molecule has 2 heterocycles. The van der Waals surface area contributed by atoms with Crippen molar-refractivity contribution in [1.29, 1.82) is 0 Å². The van der Waals surface area contributed by atoms with Crippen LogP contribution in [0.2, 0.25) is 0 Å². The van der Waals surface area contributed by atoms with E-state index in [2.05, 4.69) is 10.4 Å². The zero-order valence-electron chi connectivity index (χ0n) is 15.8. The average molecular weight is 405 g/mol. The number of carboxylic acid groups (broad SMARTS) is 1. The molecule has 0 unspecified atom stereocenters. The lowest BCUT2D eigenvalue weighted by atomic mass is 10.1. The van der Waals surface area contributed by atoms with Gasteiger partial charge in [-0.2, -0.15) is 5.10 Å². The second-order valence-electron chi connectivity index (χ2n) is 6.86. The third kappa shape index (κ3) is 4.35. The Labute approximate surface area is 171 Å². The van der Waals surface area contributed by atoms with Crippen molar-refractivity contribution in [1.82, 2.24) is 9.78 Å². The minimum absolute atomic E-state index is 0.0400. The van der Waals surface area contributed by atoms with Crippen LogP contribution in [0.3, 0.4) is 0 Å². The second kappa shape index (κ2) is 7.89.